The fourth-order valence-electron chi connectivity index (χ4n) is 4.40. The number of fused-ring (bicyclic) bond motifs is 2. The highest BCUT2D eigenvalue weighted by atomic mass is 16.6. The summed E-state index contributed by atoms with van der Waals surface area (Å²) in [5, 5.41) is 10.8. The fourth-order valence-corrected chi connectivity index (χ4v) is 4.40. The third kappa shape index (κ3) is 2.19. The highest BCUT2D eigenvalue weighted by Gasteiger charge is 2.57. The second-order valence-corrected chi connectivity index (χ2v) is 6.93. The molecule has 5 nitrogen and oxygen atoms in total. The summed E-state index contributed by atoms with van der Waals surface area (Å²) in [6.07, 6.45) is 2.34. The van der Waals surface area contributed by atoms with Gasteiger partial charge in [0.2, 0.25) is 0 Å². The van der Waals surface area contributed by atoms with Gasteiger partial charge in [0, 0.05) is 18.4 Å². The molecule has 0 radical (unpaired) electrons. The zero-order valence-corrected chi connectivity index (χ0v) is 13.2. The maximum Gasteiger partial charge on any atom is 0.334 e. The predicted octanol–water partition coefficient (Wildman–Crippen LogP) is 1.75. The van der Waals surface area contributed by atoms with Crippen molar-refractivity contribution < 1.29 is 24.2 Å². The van der Waals surface area contributed by atoms with Crippen LogP contribution in [0.2, 0.25) is 0 Å². The van der Waals surface area contributed by atoms with E-state index in [0.29, 0.717) is 12.0 Å². The molecule has 2 fully saturated rings. The summed E-state index contributed by atoms with van der Waals surface area (Å²) in [6.45, 7) is 8.94. The molecule has 1 aliphatic heterocycles. The first-order valence-electron chi connectivity index (χ1n) is 7.70. The van der Waals surface area contributed by atoms with Crippen molar-refractivity contribution in [3.05, 3.63) is 23.8 Å². The Balaban J connectivity index is 2.10. The van der Waals surface area contributed by atoms with Crippen molar-refractivity contribution in [2.24, 2.45) is 17.8 Å². The number of allylic oxidation sites excluding steroid dienone is 1. The van der Waals surface area contributed by atoms with Gasteiger partial charge in [-0.3, -0.25) is 4.79 Å². The van der Waals surface area contributed by atoms with Gasteiger partial charge in [0.05, 0.1) is 11.5 Å². The van der Waals surface area contributed by atoms with Crippen LogP contribution in [0.5, 0.6) is 0 Å². The third-order valence-corrected chi connectivity index (χ3v) is 5.40. The zero-order chi connectivity index (χ0) is 16.2. The molecule has 1 N–H and O–H groups in total. The SMILES string of the molecule is C=C1C(=O)O[C@H]2C=C(C)[C@H]3CC[C@@](C)(O)[C@@H]3[C@H](OC(C)=O)[C@@H]12. The molecule has 0 unspecified atom stereocenters. The maximum absolute atomic E-state index is 11.9. The molecule has 3 rings (SSSR count). The van der Waals surface area contributed by atoms with Crippen LogP contribution in [0, 0.1) is 17.8 Å². The van der Waals surface area contributed by atoms with Crippen LogP contribution in [-0.4, -0.2) is 34.9 Å². The molecule has 0 aromatic carbocycles. The normalized spacial score (nSPS) is 43.8. The van der Waals surface area contributed by atoms with Crippen LogP contribution in [0.4, 0.5) is 0 Å². The van der Waals surface area contributed by atoms with Crippen molar-refractivity contribution in [3.8, 4) is 0 Å². The smallest absolute Gasteiger partial charge is 0.334 e. The molecule has 1 saturated carbocycles. The number of carbonyl (C=O) groups is 2. The quantitative estimate of drug-likeness (QED) is 0.454. The van der Waals surface area contributed by atoms with Crippen LogP contribution in [0.1, 0.15) is 33.6 Å². The molecule has 120 valence electrons. The van der Waals surface area contributed by atoms with Gasteiger partial charge in [0.25, 0.3) is 0 Å². The molecule has 5 heteroatoms. The van der Waals surface area contributed by atoms with Gasteiger partial charge in [-0.05, 0) is 38.7 Å². The summed E-state index contributed by atoms with van der Waals surface area (Å²) >= 11 is 0. The summed E-state index contributed by atoms with van der Waals surface area (Å²) in [5.41, 5.74) is 0.458. The molecule has 0 aromatic heterocycles. The number of hydrogen-bond donors (Lipinski definition) is 1. The van der Waals surface area contributed by atoms with E-state index in [0.717, 1.165) is 12.0 Å². The molecule has 1 heterocycles. The predicted molar refractivity (Wildman–Crippen MR) is 78.7 cm³/mol. The summed E-state index contributed by atoms with van der Waals surface area (Å²) in [6, 6.07) is 0. The monoisotopic (exact) mass is 306 g/mol. The molecule has 6 atom stereocenters. The summed E-state index contributed by atoms with van der Waals surface area (Å²) < 4.78 is 11.0. The lowest BCUT2D eigenvalue weighted by atomic mass is 9.75. The first kappa shape index (κ1) is 15.3. The average Bonchev–Trinajstić information content (AvgIpc) is 2.80. The lowest BCUT2D eigenvalue weighted by molar-refractivity contribution is -0.160. The summed E-state index contributed by atoms with van der Waals surface area (Å²) in [7, 11) is 0. The van der Waals surface area contributed by atoms with Crippen molar-refractivity contribution in [3.63, 3.8) is 0 Å². The second kappa shape index (κ2) is 4.95. The lowest BCUT2D eigenvalue weighted by Crippen LogP contribution is -2.47. The summed E-state index contributed by atoms with van der Waals surface area (Å²) in [4.78, 5) is 23.5. The van der Waals surface area contributed by atoms with E-state index >= 15 is 0 Å². The minimum Gasteiger partial charge on any atom is -0.461 e. The van der Waals surface area contributed by atoms with E-state index in [1.54, 1.807) is 6.92 Å². The van der Waals surface area contributed by atoms with Crippen LogP contribution in [0.3, 0.4) is 0 Å². The lowest BCUT2D eigenvalue weighted by Gasteiger charge is -2.37. The Bertz CT molecular complexity index is 574. The highest BCUT2D eigenvalue weighted by Crippen LogP contribution is 2.52. The van der Waals surface area contributed by atoms with Crippen LogP contribution in [-0.2, 0) is 19.1 Å². The van der Waals surface area contributed by atoms with Crippen LogP contribution >= 0.6 is 0 Å². The van der Waals surface area contributed by atoms with Gasteiger partial charge < -0.3 is 14.6 Å². The maximum atomic E-state index is 11.9. The van der Waals surface area contributed by atoms with Crippen LogP contribution < -0.4 is 0 Å². The van der Waals surface area contributed by atoms with Gasteiger partial charge >= 0.3 is 11.9 Å². The largest absolute Gasteiger partial charge is 0.461 e. The van der Waals surface area contributed by atoms with E-state index in [1.807, 2.05) is 13.0 Å². The molecule has 22 heavy (non-hydrogen) atoms. The highest BCUT2D eigenvalue weighted by molar-refractivity contribution is 5.91. The van der Waals surface area contributed by atoms with Gasteiger partial charge in [-0.25, -0.2) is 4.79 Å². The minimum absolute atomic E-state index is 0.122. The first-order valence-corrected chi connectivity index (χ1v) is 7.70. The molecule has 0 spiro atoms. The van der Waals surface area contributed by atoms with Gasteiger partial charge in [0.15, 0.2) is 0 Å². The van der Waals surface area contributed by atoms with Crippen LogP contribution in [0.25, 0.3) is 0 Å². The first-order chi connectivity index (χ1) is 10.2. The Morgan fingerprint density at radius 1 is 1.55 bits per heavy atom. The molecule has 3 aliphatic rings. The van der Waals surface area contributed by atoms with Crippen molar-refractivity contribution in [1.29, 1.82) is 0 Å². The van der Waals surface area contributed by atoms with E-state index in [2.05, 4.69) is 6.58 Å². The van der Waals surface area contributed by atoms with Crippen molar-refractivity contribution >= 4 is 11.9 Å². The Kier molecular flexibility index (Phi) is 3.44. The number of ether oxygens (including phenoxy) is 2. The van der Waals surface area contributed by atoms with E-state index in [4.69, 9.17) is 9.47 Å². The zero-order valence-electron chi connectivity index (χ0n) is 13.2. The van der Waals surface area contributed by atoms with Crippen molar-refractivity contribution in [2.45, 2.75) is 51.4 Å². The molecule has 0 aromatic rings. The number of esters is 2. The standard InChI is InChI=1S/C17H22O5/c1-8-7-12-13(9(2)16(19)22-12)15(21-10(3)18)14-11(8)5-6-17(14,4)20/h7,11-15,20H,2,5-6H2,1,3-4H3/t11-,12+,13+,14+,15-,17-/m1/s1. The third-order valence-electron chi connectivity index (χ3n) is 5.40. The molecular weight excluding hydrogens is 284 g/mol. The molecule has 1 saturated heterocycles. The summed E-state index contributed by atoms with van der Waals surface area (Å²) in [5.74, 6) is -1.43. The Morgan fingerprint density at radius 2 is 2.23 bits per heavy atom. The van der Waals surface area contributed by atoms with Gasteiger partial charge in [0.1, 0.15) is 12.2 Å². The number of hydrogen-bond acceptors (Lipinski definition) is 5. The fraction of sp³-hybridized carbons (Fsp3) is 0.647. The Labute approximate surface area is 130 Å². The minimum atomic E-state index is -0.944. The van der Waals surface area contributed by atoms with Gasteiger partial charge in [-0.2, -0.15) is 0 Å². The Morgan fingerprint density at radius 3 is 2.86 bits per heavy atom. The van der Waals surface area contributed by atoms with E-state index in [-0.39, 0.29) is 11.8 Å². The van der Waals surface area contributed by atoms with Gasteiger partial charge in [-0.1, -0.05) is 12.2 Å². The van der Waals surface area contributed by atoms with Gasteiger partial charge in [-0.15, -0.1) is 0 Å². The van der Waals surface area contributed by atoms with E-state index in [9.17, 15) is 14.7 Å². The second-order valence-electron chi connectivity index (χ2n) is 6.93. The number of rotatable bonds is 1. The number of aliphatic hydroxyl groups is 1. The number of carbonyl (C=O) groups excluding carboxylic acids is 2. The molecular formula is C17H22O5. The van der Waals surface area contributed by atoms with E-state index in [1.165, 1.54) is 6.92 Å². The van der Waals surface area contributed by atoms with Crippen LogP contribution in [0.15, 0.2) is 23.8 Å². The Hall–Kier alpha value is -1.62. The van der Waals surface area contributed by atoms with E-state index < -0.39 is 35.7 Å². The van der Waals surface area contributed by atoms with Crippen molar-refractivity contribution in [2.75, 3.05) is 0 Å². The molecule has 0 amide bonds. The molecule has 0 bridgehead atoms. The topological polar surface area (TPSA) is 72.8 Å². The average molecular weight is 306 g/mol. The van der Waals surface area contributed by atoms with Crippen molar-refractivity contribution in [1.82, 2.24) is 0 Å². The molecule has 2 aliphatic carbocycles.